The molecule has 0 aromatic carbocycles. The molecule has 0 bridgehead atoms. The van der Waals surface area contributed by atoms with Crippen LogP contribution in [0.15, 0.2) is 23.9 Å². The standard InChI is InChI=1S/C8H11NO.C2H6.H2/c1-7(10)9-8-5-3-2-4-6-8;1-2;/h3,5-6H,2,4H2,1H3,(H,9,10);1-2H3;1H. The Hall–Kier alpha value is -1.05. The molecule has 0 aromatic rings. The highest BCUT2D eigenvalue weighted by Crippen LogP contribution is 2.05. The summed E-state index contributed by atoms with van der Waals surface area (Å²) in [7, 11) is 0. The molecule has 70 valence electrons. The van der Waals surface area contributed by atoms with Crippen LogP contribution in [0, 0.1) is 0 Å². The Labute approximate surface area is 75.8 Å². The zero-order valence-electron chi connectivity index (χ0n) is 8.05. The van der Waals surface area contributed by atoms with Gasteiger partial charge >= 0.3 is 0 Å². The van der Waals surface area contributed by atoms with Crippen molar-refractivity contribution >= 4 is 5.91 Å². The molecule has 1 N–H and O–H groups in total. The van der Waals surface area contributed by atoms with Gasteiger partial charge < -0.3 is 5.32 Å². The van der Waals surface area contributed by atoms with Gasteiger partial charge in [-0.25, -0.2) is 0 Å². The molecular formula is C10H19NO. The fourth-order valence-electron chi connectivity index (χ4n) is 0.909. The molecule has 2 nitrogen and oxygen atoms in total. The molecule has 2 heteroatoms. The van der Waals surface area contributed by atoms with Crippen LogP contribution < -0.4 is 5.32 Å². The molecule has 0 aliphatic heterocycles. The average Bonchev–Trinajstić information content (AvgIpc) is 2.08. The van der Waals surface area contributed by atoms with E-state index in [1.165, 1.54) is 6.92 Å². The van der Waals surface area contributed by atoms with Crippen molar-refractivity contribution in [3.05, 3.63) is 23.9 Å². The van der Waals surface area contributed by atoms with Crippen molar-refractivity contribution in [1.29, 1.82) is 0 Å². The summed E-state index contributed by atoms with van der Waals surface area (Å²) in [4.78, 5) is 10.5. The molecule has 0 atom stereocenters. The zero-order valence-corrected chi connectivity index (χ0v) is 8.05. The van der Waals surface area contributed by atoms with Crippen molar-refractivity contribution in [3.63, 3.8) is 0 Å². The number of carbonyl (C=O) groups is 1. The molecule has 0 unspecified atom stereocenters. The number of rotatable bonds is 1. The lowest BCUT2D eigenvalue weighted by atomic mass is 10.1. The minimum atomic E-state index is -0.00204. The van der Waals surface area contributed by atoms with E-state index in [0.29, 0.717) is 0 Å². The first kappa shape index (κ1) is 11.0. The first-order valence-corrected chi connectivity index (χ1v) is 4.43. The van der Waals surface area contributed by atoms with Gasteiger partial charge in [0.15, 0.2) is 0 Å². The lowest BCUT2D eigenvalue weighted by Crippen LogP contribution is -2.18. The number of allylic oxidation sites excluding steroid dienone is 3. The number of hydrogen-bond donors (Lipinski definition) is 1. The maximum Gasteiger partial charge on any atom is 0.221 e. The summed E-state index contributed by atoms with van der Waals surface area (Å²) >= 11 is 0. The van der Waals surface area contributed by atoms with Crippen molar-refractivity contribution in [2.45, 2.75) is 33.6 Å². The number of carbonyl (C=O) groups excluding carboxylic acids is 1. The fourth-order valence-corrected chi connectivity index (χ4v) is 0.909. The quantitative estimate of drug-likeness (QED) is 0.642. The highest BCUT2D eigenvalue weighted by Gasteiger charge is 1.96. The molecule has 1 rings (SSSR count). The third-order valence-electron chi connectivity index (χ3n) is 1.32. The Balaban J connectivity index is 0. The van der Waals surface area contributed by atoms with Crippen LogP contribution in [0.4, 0.5) is 0 Å². The van der Waals surface area contributed by atoms with Gasteiger partial charge in [-0.15, -0.1) is 0 Å². The van der Waals surface area contributed by atoms with Crippen molar-refractivity contribution in [1.82, 2.24) is 5.32 Å². The van der Waals surface area contributed by atoms with Crippen LogP contribution in [0.1, 0.15) is 35.0 Å². The molecule has 1 amide bonds. The summed E-state index contributed by atoms with van der Waals surface area (Å²) in [5.74, 6) is -0.00204. The molecule has 0 radical (unpaired) electrons. The van der Waals surface area contributed by atoms with Gasteiger partial charge in [0.25, 0.3) is 0 Å². The smallest absolute Gasteiger partial charge is 0.221 e. The summed E-state index contributed by atoms with van der Waals surface area (Å²) in [5.41, 5.74) is 0.929. The Morgan fingerprint density at radius 2 is 2.17 bits per heavy atom. The molecule has 0 saturated heterocycles. The summed E-state index contributed by atoms with van der Waals surface area (Å²) < 4.78 is 0. The molecule has 0 fully saturated rings. The van der Waals surface area contributed by atoms with Crippen molar-refractivity contribution in [2.75, 3.05) is 0 Å². The van der Waals surface area contributed by atoms with Crippen LogP contribution in [0.3, 0.4) is 0 Å². The van der Waals surface area contributed by atoms with Crippen LogP contribution in [-0.2, 0) is 4.79 Å². The van der Waals surface area contributed by atoms with Gasteiger partial charge in [-0.3, -0.25) is 4.79 Å². The van der Waals surface area contributed by atoms with Crippen molar-refractivity contribution in [3.8, 4) is 0 Å². The predicted octanol–water partition coefficient (Wildman–Crippen LogP) is 2.63. The average molecular weight is 169 g/mol. The Morgan fingerprint density at radius 3 is 2.58 bits per heavy atom. The second-order valence-electron chi connectivity index (χ2n) is 2.32. The van der Waals surface area contributed by atoms with Gasteiger partial charge in [-0.2, -0.15) is 0 Å². The molecule has 0 heterocycles. The maximum absolute atomic E-state index is 10.5. The number of amides is 1. The molecule has 0 saturated carbocycles. The number of nitrogens with one attached hydrogen (secondary N) is 1. The Bertz CT molecular complexity index is 197. The molecular weight excluding hydrogens is 150 g/mol. The van der Waals surface area contributed by atoms with Crippen molar-refractivity contribution in [2.24, 2.45) is 0 Å². The monoisotopic (exact) mass is 169 g/mol. The van der Waals surface area contributed by atoms with E-state index in [9.17, 15) is 4.79 Å². The van der Waals surface area contributed by atoms with Gasteiger partial charge in [0.05, 0.1) is 0 Å². The van der Waals surface area contributed by atoms with Crippen LogP contribution in [0.2, 0.25) is 0 Å². The Morgan fingerprint density at radius 1 is 1.50 bits per heavy atom. The summed E-state index contributed by atoms with van der Waals surface area (Å²) in [5, 5.41) is 2.72. The number of hydrogen-bond acceptors (Lipinski definition) is 1. The minimum absolute atomic E-state index is 0. The molecule has 0 aromatic heterocycles. The maximum atomic E-state index is 10.5. The summed E-state index contributed by atoms with van der Waals surface area (Å²) in [6.07, 6.45) is 8.15. The first-order valence-electron chi connectivity index (χ1n) is 4.43. The second-order valence-corrected chi connectivity index (χ2v) is 2.32. The summed E-state index contributed by atoms with van der Waals surface area (Å²) in [6, 6.07) is 0. The van der Waals surface area contributed by atoms with E-state index >= 15 is 0 Å². The van der Waals surface area contributed by atoms with Gasteiger partial charge in [-0.05, 0) is 18.9 Å². The van der Waals surface area contributed by atoms with E-state index in [4.69, 9.17) is 0 Å². The van der Waals surface area contributed by atoms with Crippen molar-refractivity contribution < 1.29 is 6.22 Å². The van der Waals surface area contributed by atoms with E-state index in [-0.39, 0.29) is 7.33 Å². The third kappa shape index (κ3) is 4.72. The highest BCUT2D eigenvalue weighted by molar-refractivity contribution is 5.75. The van der Waals surface area contributed by atoms with Gasteiger partial charge in [0.1, 0.15) is 0 Å². The fraction of sp³-hybridized carbons (Fsp3) is 0.500. The van der Waals surface area contributed by atoms with Gasteiger partial charge in [-0.1, -0.05) is 26.0 Å². The highest BCUT2D eigenvalue weighted by atomic mass is 16.1. The normalized spacial score (nSPS) is 14.1. The van der Waals surface area contributed by atoms with Crippen LogP contribution in [-0.4, -0.2) is 5.91 Å². The molecule has 1 aliphatic carbocycles. The molecule has 1 aliphatic rings. The SMILES string of the molecule is CC.CC(=O)NC1=CCCC=C1.[HH]. The minimum Gasteiger partial charge on any atom is -0.327 e. The molecule has 0 spiro atoms. The van der Waals surface area contributed by atoms with E-state index in [1.54, 1.807) is 0 Å². The van der Waals surface area contributed by atoms with E-state index in [1.807, 2.05) is 26.0 Å². The topological polar surface area (TPSA) is 29.1 Å². The van der Waals surface area contributed by atoms with E-state index in [2.05, 4.69) is 11.4 Å². The second kappa shape index (κ2) is 6.65. The first-order chi connectivity index (χ1) is 5.79. The van der Waals surface area contributed by atoms with Crippen LogP contribution in [0.25, 0.3) is 0 Å². The van der Waals surface area contributed by atoms with E-state index < -0.39 is 0 Å². The largest absolute Gasteiger partial charge is 0.327 e. The Kier molecular flexibility index (Phi) is 6.07. The third-order valence-corrected chi connectivity index (χ3v) is 1.32. The lowest BCUT2D eigenvalue weighted by molar-refractivity contribution is -0.118. The van der Waals surface area contributed by atoms with Gasteiger partial charge in [0, 0.05) is 14.0 Å². The zero-order chi connectivity index (χ0) is 9.40. The summed E-state index contributed by atoms with van der Waals surface area (Å²) in [6.45, 7) is 5.52. The lowest BCUT2D eigenvalue weighted by Gasteiger charge is -2.05. The predicted molar refractivity (Wildman–Crippen MR) is 53.7 cm³/mol. The van der Waals surface area contributed by atoms with Crippen LogP contribution >= 0.6 is 0 Å². The van der Waals surface area contributed by atoms with E-state index in [0.717, 1.165) is 18.5 Å². The van der Waals surface area contributed by atoms with Crippen LogP contribution in [0.5, 0.6) is 0 Å². The molecule has 12 heavy (non-hydrogen) atoms. The van der Waals surface area contributed by atoms with Gasteiger partial charge in [0.2, 0.25) is 5.91 Å².